The third-order valence-electron chi connectivity index (χ3n) is 0.496. The quantitative estimate of drug-likeness (QED) is 0.462. The Morgan fingerprint density at radius 2 is 1.50 bits per heavy atom. The minimum Gasteiger partial charge on any atom is -0.368 e. The number of aromatic nitrogens is 1. The normalized spacial score (nSPS) is 5.75. The molecule has 1 heterocycles. The van der Waals surface area contributed by atoms with Crippen LogP contribution >= 0.6 is 12.4 Å². The van der Waals surface area contributed by atoms with Crippen molar-refractivity contribution in [1.82, 2.24) is 4.98 Å². The van der Waals surface area contributed by atoms with E-state index in [0.29, 0.717) is 0 Å². The first kappa shape index (κ1) is 10.5. The second-order valence-corrected chi connectivity index (χ2v) is 0.885. The Morgan fingerprint density at radius 1 is 1.12 bits per heavy atom. The molecule has 0 radical (unpaired) electrons. The Bertz CT molecular complexity index is 70.5. The van der Waals surface area contributed by atoms with Crippen molar-refractivity contribution in [2.75, 3.05) is 0 Å². The number of nitrogens with two attached hydrogens (primary N) is 1. The van der Waals surface area contributed by atoms with Crippen molar-refractivity contribution < 1.29 is 5.21 Å². The number of nitrogens with one attached hydrogen (secondary N) is 1. The lowest BCUT2D eigenvalue weighted by Crippen LogP contribution is -1.72. The van der Waals surface area contributed by atoms with E-state index in [1.54, 1.807) is 0 Å². The van der Waals surface area contributed by atoms with E-state index in [-0.39, 0.29) is 12.4 Å². The van der Waals surface area contributed by atoms with Gasteiger partial charge in [0.05, 0.1) is 0 Å². The molecule has 4 heteroatoms. The van der Waals surface area contributed by atoms with Crippen LogP contribution in [-0.4, -0.2) is 10.2 Å². The summed E-state index contributed by atoms with van der Waals surface area (Å²) < 4.78 is 0. The van der Waals surface area contributed by atoms with Gasteiger partial charge in [-0.3, -0.25) is 0 Å². The van der Waals surface area contributed by atoms with Gasteiger partial charge in [-0.25, -0.2) is 5.90 Å². The molecule has 1 rings (SSSR count). The molecule has 8 heavy (non-hydrogen) atoms. The van der Waals surface area contributed by atoms with Crippen LogP contribution in [0.2, 0.25) is 0 Å². The first-order valence-electron chi connectivity index (χ1n) is 1.84. The van der Waals surface area contributed by atoms with Crippen molar-refractivity contribution in [2.24, 2.45) is 5.90 Å². The molecule has 4 N–H and O–H groups in total. The van der Waals surface area contributed by atoms with Crippen LogP contribution in [0.15, 0.2) is 24.5 Å². The SMILES string of the molecule is Cl.NO.c1cc[nH]c1. The van der Waals surface area contributed by atoms with Crippen LogP contribution in [0.25, 0.3) is 0 Å². The van der Waals surface area contributed by atoms with Crippen LogP contribution in [0.3, 0.4) is 0 Å². The summed E-state index contributed by atoms with van der Waals surface area (Å²) in [7, 11) is 0. The van der Waals surface area contributed by atoms with E-state index < -0.39 is 0 Å². The van der Waals surface area contributed by atoms with Crippen molar-refractivity contribution in [2.45, 2.75) is 0 Å². The zero-order valence-electron chi connectivity index (χ0n) is 4.24. The van der Waals surface area contributed by atoms with Crippen LogP contribution in [-0.2, 0) is 0 Å². The Morgan fingerprint density at radius 3 is 1.62 bits per heavy atom. The fourth-order valence-corrected chi connectivity index (χ4v) is 0.278. The van der Waals surface area contributed by atoms with Crippen LogP contribution in [0.4, 0.5) is 0 Å². The molecule has 0 aromatic carbocycles. The molecule has 0 unspecified atom stereocenters. The van der Waals surface area contributed by atoms with E-state index >= 15 is 0 Å². The van der Waals surface area contributed by atoms with E-state index in [1.807, 2.05) is 24.5 Å². The summed E-state index contributed by atoms with van der Waals surface area (Å²) in [6.07, 6.45) is 3.75. The first-order chi connectivity index (χ1) is 3.50. The number of aromatic amines is 1. The summed E-state index contributed by atoms with van der Waals surface area (Å²) in [5, 5.41) is 6.50. The van der Waals surface area contributed by atoms with Crippen LogP contribution in [0.5, 0.6) is 0 Å². The van der Waals surface area contributed by atoms with Crippen LogP contribution < -0.4 is 5.90 Å². The molecule has 1 aromatic heterocycles. The molecule has 0 aliphatic heterocycles. The van der Waals surface area contributed by atoms with Gasteiger partial charge in [0.1, 0.15) is 0 Å². The highest BCUT2D eigenvalue weighted by Crippen LogP contribution is 1.72. The van der Waals surface area contributed by atoms with E-state index in [4.69, 9.17) is 5.21 Å². The summed E-state index contributed by atoms with van der Waals surface area (Å²) in [5.74, 6) is 3.50. The van der Waals surface area contributed by atoms with Gasteiger partial charge in [-0.15, -0.1) is 12.4 Å². The van der Waals surface area contributed by atoms with Gasteiger partial charge in [0.2, 0.25) is 0 Å². The smallest absolute Gasteiger partial charge is 0.000496 e. The second-order valence-electron chi connectivity index (χ2n) is 0.885. The monoisotopic (exact) mass is 136 g/mol. The van der Waals surface area contributed by atoms with Gasteiger partial charge in [0, 0.05) is 12.4 Å². The molecule has 0 amide bonds. The molecular weight excluding hydrogens is 128 g/mol. The summed E-state index contributed by atoms with van der Waals surface area (Å²) in [6, 6.07) is 3.89. The molecule has 0 spiro atoms. The maximum atomic E-state index is 6.50. The van der Waals surface area contributed by atoms with Crippen LogP contribution in [0, 0.1) is 0 Å². The first-order valence-corrected chi connectivity index (χ1v) is 1.84. The highest BCUT2D eigenvalue weighted by molar-refractivity contribution is 5.85. The van der Waals surface area contributed by atoms with E-state index in [0.717, 1.165) is 0 Å². The van der Waals surface area contributed by atoms with Gasteiger partial charge < -0.3 is 10.2 Å². The molecule has 3 nitrogen and oxygen atoms in total. The number of hydrogen-bond acceptors (Lipinski definition) is 2. The lowest BCUT2D eigenvalue weighted by Gasteiger charge is -1.49. The standard InChI is InChI=1S/C4H5N.ClH.H3NO/c1-2-4-5-3-1;;1-2/h1-5H;1H;2H,1H2. The molecule has 0 atom stereocenters. The number of halogens is 1. The highest BCUT2D eigenvalue weighted by Gasteiger charge is 1.55. The number of hydrogen-bond donors (Lipinski definition) is 3. The predicted molar refractivity (Wildman–Crippen MR) is 34.0 cm³/mol. The van der Waals surface area contributed by atoms with Crippen molar-refractivity contribution in [3.8, 4) is 0 Å². The average Bonchev–Trinajstić information content (AvgIpc) is 2.23. The third kappa shape index (κ3) is 5.49. The van der Waals surface area contributed by atoms with Crippen LogP contribution in [0.1, 0.15) is 0 Å². The Kier molecular flexibility index (Phi) is 12.7. The molecule has 0 aliphatic carbocycles. The lowest BCUT2D eigenvalue weighted by molar-refractivity contribution is 0.311. The minimum absolute atomic E-state index is 0. The number of H-pyrrole nitrogens is 1. The van der Waals surface area contributed by atoms with E-state index in [9.17, 15) is 0 Å². The van der Waals surface area contributed by atoms with Crippen molar-refractivity contribution in [1.29, 1.82) is 0 Å². The number of rotatable bonds is 0. The maximum absolute atomic E-state index is 6.50. The molecule has 1 aromatic rings. The summed E-state index contributed by atoms with van der Waals surface area (Å²) in [5.41, 5.74) is 0. The maximum Gasteiger partial charge on any atom is 0.000496 e. The van der Waals surface area contributed by atoms with Crippen molar-refractivity contribution >= 4 is 12.4 Å². The molecule has 0 saturated heterocycles. The molecule has 0 fully saturated rings. The summed E-state index contributed by atoms with van der Waals surface area (Å²) >= 11 is 0. The van der Waals surface area contributed by atoms with Gasteiger partial charge in [0.25, 0.3) is 0 Å². The molecular formula is C4H9ClN2O. The fraction of sp³-hybridized carbons (Fsp3) is 0. The Balaban J connectivity index is 0. The van der Waals surface area contributed by atoms with Crippen molar-refractivity contribution in [3.05, 3.63) is 24.5 Å². The fourth-order valence-electron chi connectivity index (χ4n) is 0.278. The lowest BCUT2D eigenvalue weighted by atomic mass is 10.7. The summed E-state index contributed by atoms with van der Waals surface area (Å²) in [4.78, 5) is 2.86. The molecule has 0 bridgehead atoms. The van der Waals surface area contributed by atoms with Gasteiger partial charge in [0.15, 0.2) is 0 Å². The van der Waals surface area contributed by atoms with Crippen molar-refractivity contribution in [3.63, 3.8) is 0 Å². The third-order valence-corrected chi connectivity index (χ3v) is 0.496. The Hall–Kier alpha value is -0.510. The van der Waals surface area contributed by atoms with Gasteiger partial charge in [-0.1, -0.05) is 0 Å². The molecule has 0 aliphatic rings. The summed E-state index contributed by atoms with van der Waals surface area (Å²) in [6.45, 7) is 0. The predicted octanol–water partition coefficient (Wildman–Crippen LogP) is 0.771. The minimum atomic E-state index is 0. The molecule has 48 valence electrons. The average molecular weight is 137 g/mol. The van der Waals surface area contributed by atoms with Gasteiger partial charge in [-0.2, -0.15) is 0 Å². The largest absolute Gasteiger partial charge is 0.368 e. The highest BCUT2D eigenvalue weighted by atomic mass is 35.5. The second kappa shape index (κ2) is 9.70. The Labute approximate surface area is 53.9 Å². The van der Waals surface area contributed by atoms with E-state index in [1.165, 1.54) is 0 Å². The topological polar surface area (TPSA) is 62.0 Å². The zero-order chi connectivity index (χ0) is 5.54. The van der Waals surface area contributed by atoms with E-state index in [2.05, 4.69) is 10.9 Å². The van der Waals surface area contributed by atoms with Gasteiger partial charge in [-0.05, 0) is 12.1 Å². The van der Waals surface area contributed by atoms with Gasteiger partial charge >= 0.3 is 0 Å². The zero-order valence-corrected chi connectivity index (χ0v) is 5.06. The molecule has 0 saturated carbocycles.